The summed E-state index contributed by atoms with van der Waals surface area (Å²) in [7, 11) is 0. The van der Waals surface area contributed by atoms with Crippen LogP contribution < -0.4 is 9.47 Å². The Morgan fingerprint density at radius 2 is 1.94 bits per heavy atom. The number of phenolic OH excluding ortho intramolecular Hbond substituents is 1. The van der Waals surface area contributed by atoms with Crippen LogP contribution in [0.5, 0.6) is 17.2 Å². The predicted molar refractivity (Wildman–Crippen MR) is 61.1 cm³/mol. The third-order valence-electron chi connectivity index (χ3n) is 2.83. The first-order valence-electron chi connectivity index (χ1n) is 5.25. The Kier molecular flexibility index (Phi) is 1.78. The van der Waals surface area contributed by atoms with Crippen LogP contribution in [0.4, 0.5) is 0 Å². The van der Waals surface area contributed by atoms with Crippen molar-refractivity contribution in [2.45, 2.75) is 20.1 Å². The minimum atomic E-state index is -0.290. The minimum absolute atomic E-state index is 0.290. The molecular weight excluding hydrogens is 204 g/mol. The van der Waals surface area contributed by atoms with E-state index in [0.29, 0.717) is 5.75 Å². The Balaban J connectivity index is 2.45. The molecule has 0 aromatic heterocycles. The molecule has 1 aliphatic heterocycles. The van der Waals surface area contributed by atoms with Gasteiger partial charge in [0.25, 0.3) is 0 Å². The maximum Gasteiger partial charge on any atom is 0.238 e. The molecule has 2 aromatic rings. The van der Waals surface area contributed by atoms with E-state index in [1.165, 1.54) is 0 Å². The van der Waals surface area contributed by atoms with E-state index in [1.54, 1.807) is 0 Å². The Bertz CT molecular complexity index is 575. The lowest BCUT2D eigenvalue weighted by Gasteiger charge is -2.25. The van der Waals surface area contributed by atoms with E-state index in [4.69, 9.17) is 9.47 Å². The second-order valence-corrected chi connectivity index (χ2v) is 4.02. The first-order valence-corrected chi connectivity index (χ1v) is 5.25. The normalized spacial score (nSPS) is 18.0. The van der Waals surface area contributed by atoms with Gasteiger partial charge < -0.3 is 14.6 Å². The van der Waals surface area contributed by atoms with E-state index in [9.17, 15) is 5.11 Å². The van der Waals surface area contributed by atoms with E-state index in [2.05, 4.69) is 0 Å². The van der Waals surface area contributed by atoms with Crippen LogP contribution in [-0.4, -0.2) is 11.4 Å². The van der Waals surface area contributed by atoms with Gasteiger partial charge in [0.05, 0.1) is 5.39 Å². The summed E-state index contributed by atoms with van der Waals surface area (Å²) < 4.78 is 11.2. The molecule has 0 bridgehead atoms. The van der Waals surface area contributed by atoms with Crippen LogP contribution in [0.2, 0.25) is 0 Å². The average Bonchev–Trinajstić information content (AvgIpc) is 2.25. The third-order valence-corrected chi connectivity index (χ3v) is 2.83. The summed E-state index contributed by atoms with van der Waals surface area (Å²) in [6.45, 7) is 3.71. The van der Waals surface area contributed by atoms with Crippen molar-refractivity contribution in [3.63, 3.8) is 0 Å². The van der Waals surface area contributed by atoms with Crippen LogP contribution in [0.1, 0.15) is 12.5 Å². The van der Waals surface area contributed by atoms with Crippen molar-refractivity contribution in [2.75, 3.05) is 0 Å². The van der Waals surface area contributed by atoms with Crippen LogP contribution in [-0.2, 0) is 0 Å². The standard InChI is InChI=1S/C13H12O3/c1-7-6-11-12-9(13(7)14)4-3-5-10(12)15-8(2)16-11/h3-6,8,14H,1-2H3. The zero-order chi connectivity index (χ0) is 11.3. The molecule has 0 amide bonds. The molecule has 3 heteroatoms. The number of aromatic hydroxyl groups is 1. The predicted octanol–water partition coefficient (Wildman–Crippen LogP) is 2.97. The lowest BCUT2D eigenvalue weighted by atomic mass is 10.0. The van der Waals surface area contributed by atoms with E-state index in [0.717, 1.165) is 27.8 Å². The lowest BCUT2D eigenvalue weighted by molar-refractivity contribution is 0.0160. The molecule has 0 saturated heterocycles. The van der Waals surface area contributed by atoms with Crippen molar-refractivity contribution in [2.24, 2.45) is 0 Å². The van der Waals surface area contributed by atoms with E-state index in [1.807, 2.05) is 38.1 Å². The maximum atomic E-state index is 9.98. The molecule has 16 heavy (non-hydrogen) atoms. The average molecular weight is 216 g/mol. The highest BCUT2D eigenvalue weighted by atomic mass is 16.7. The smallest absolute Gasteiger partial charge is 0.238 e. The first-order chi connectivity index (χ1) is 7.66. The van der Waals surface area contributed by atoms with Gasteiger partial charge in [-0.15, -0.1) is 0 Å². The van der Waals surface area contributed by atoms with E-state index >= 15 is 0 Å². The number of rotatable bonds is 0. The van der Waals surface area contributed by atoms with Gasteiger partial charge in [-0.3, -0.25) is 0 Å². The quantitative estimate of drug-likeness (QED) is 0.735. The molecule has 1 unspecified atom stereocenters. The van der Waals surface area contributed by atoms with Gasteiger partial charge in [-0.1, -0.05) is 12.1 Å². The number of hydrogen-bond acceptors (Lipinski definition) is 3. The molecule has 3 rings (SSSR count). The third kappa shape index (κ3) is 1.14. The molecule has 3 nitrogen and oxygen atoms in total. The summed E-state index contributed by atoms with van der Waals surface area (Å²) in [5.41, 5.74) is 0.814. The number of hydrogen-bond donors (Lipinski definition) is 1. The summed E-state index contributed by atoms with van der Waals surface area (Å²) in [4.78, 5) is 0. The highest BCUT2D eigenvalue weighted by molar-refractivity contribution is 5.99. The Morgan fingerprint density at radius 3 is 2.75 bits per heavy atom. The Labute approximate surface area is 93.2 Å². The summed E-state index contributed by atoms with van der Waals surface area (Å²) >= 11 is 0. The van der Waals surface area contributed by atoms with Gasteiger partial charge in [-0.25, -0.2) is 0 Å². The monoisotopic (exact) mass is 216 g/mol. The highest BCUT2D eigenvalue weighted by Crippen LogP contribution is 2.43. The van der Waals surface area contributed by atoms with Crippen molar-refractivity contribution >= 4 is 10.8 Å². The van der Waals surface area contributed by atoms with Gasteiger partial charge in [0.1, 0.15) is 17.2 Å². The second-order valence-electron chi connectivity index (χ2n) is 4.02. The fourth-order valence-electron chi connectivity index (χ4n) is 2.11. The van der Waals surface area contributed by atoms with Gasteiger partial charge >= 0.3 is 0 Å². The van der Waals surface area contributed by atoms with Crippen molar-refractivity contribution in [3.05, 3.63) is 29.8 Å². The maximum absolute atomic E-state index is 9.98. The largest absolute Gasteiger partial charge is 0.507 e. The molecule has 2 aromatic carbocycles. The van der Waals surface area contributed by atoms with Crippen LogP contribution >= 0.6 is 0 Å². The molecule has 0 saturated carbocycles. The van der Waals surface area contributed by atoms with Crippen molar-refractivity contribution in [1.29, 1.82) is 0 Å². The van der Waals surface area contributed by atoms with Gasteiger partial charge in [0, 0.05) is 12.3 Å². The second kappa shape index (κ2) is 3.04. The zero-order valence-corrected chi connectivity index (χ0v) is 9.15. The fourth-order valence-corrected chi connectivity index (χ4v) is 2.11. The number of aryl methyl sites for hydroxylation is 1. The number of phenols is 1. The molecule has 82 valence electrons. The van der Waals surface area contributed by atoms with Crippen LogP contribution in [0.25, 0.3) is 10.8 Å². The molecule has 0 spiro atoms. The van der Waals surface area contributed by atoms with Crippen LogP contribution in [0.15, 0.2) is 24.3 Å². The molecule has 0 fully saturated rings. The van der Waals surface area contributed by atoms with Crippen molar-refractivity contribution in [1.82, 2.24) is 0 Å². The van der Waals surface area contributed by atoms with Crippen molar-refractivity contribution < 1.29 is 14.6 Å². The topological polar surface area (TPSA) is 38.7 Å². The Hall–Kier alpha value is -1.90. The van der Waals surface area contributed by atoms with Gasteiger partial charge in [-0.05, 0) is 24.6 Å². The lowest BCUT2D eigenvalue weighted by Crippen LogP contribution is -2.23. The highest BCUT2D eigenvalue weighted by Gasteiger charge is 2.21. The molecule has 1 heterocycles. The summed E-state index contributed by atoms with van der Waals surface area (Å²) in [6.07, 6.45) is -0.290. The van der Waals surface area contributed by atoms with Crippen LogP contribution in [0.3, 0.4) is 0 Å². The van der Waals surface area contributed by atoms with Gasteiger partial charge in [0.2, 0.25) is 6.29 Å². The molecule has 1 N–H and O–H groups in total. The summed E-state index contributed by atoms with van der Waals surface area (Å²) in [6, 6.07) is 7.48. The summed E-state index contributed by atoms with van der Waals surface area (Å²) in [5, 5.41) is 11.6. The number of ether oxygens (including phenoxy) is 2. The summed E-state index contributed by atoms with van der Waals surface area (Å²) in [5.74, 6) is 1.84. The Morgan fingerprint density at radius 1 is 1.19 bits per heavy atom. The first kappa shape index (κ1) is 9.33. The molecule has 0 radical (unpaired) electrons. The van der Waals surface area contributed by atoms with E-state index < -0.39 is 0 Å². The van der Waals surface area contributed by atoms with Crippen molar-refractivity contribution in [3.8, 4) is 17.2 Å². The minimum Gasteiger partial charge on any atom is -0.507 e. The van der Waals surface area contributed by atoms with Gasteiger partial charge in [0.15, 0.2) is 0 Å². The molecule has 1 atom stereocenters. The SMILES string of the molecule is Cc1cc2c3c(cccc3c1O)OC(C)O2. The fraction of sp³-hybridized carbons (Fsp3) is 0.231. The van der Waals surface area contributed by atoms with Gasteiger partial charge in [-0.2, -0.15) is 0 Å². The molecular formula is C13H12O3. The molecule has 0 aliphatic carbocycles. The molecule has 1 aliphatic rings. The zero-order valence-electron chi connectivity index (χ0n) is 9.15. The number of benzene rings is 2. The van der Waals surface area contributed by atoms with Crippen LogP contribution in [0, 0.1) is 6.92 Å². The van der Waals surface area contributed by atoms with E-state index in [-0.39, 0.29) is 6.29 Å².